The van der Waals surface area contributed by atoms with E-state index in [4.69, 9.17) is 4.74 Å². The van der Waals surface area contributed by atoms with Gasteiger partial charge in [-0.3, -0.25) is 4.79 Å². The molecule has 0 bridgehead atoms. The molecular formula is C21H23FN4O3S2. The van der Waals surface area contributed by atoms with E-state index in [0.717, 1.165) is 0 Å². The lowest BCUT2D eigenvalue weighted by Gasteiger charge is -2.13. The van der Waals surface area contributed by atoms with Crippen LogP contribution in [0.2, 0.25) is 0 Å². The highest BCUT2D eigenvalue weighted by molar-refractivity contribution is 7.99. The van der Waals surface area contributed by atoms with Crippen LogP contribution in [0.4, 0.5) is 9.39 Å². The molecule has 0 atom stereocenters. The quantitative estimate of drug-likeness (QED) is 0.366. The van der Waals surface area contributed by atoms with Crippen molar-refractivity contribution in [2.24, 2.45) is 5.92 Å². The van der Waals surface area contributed by atoms with Gasteiger partial charge in [-0.25, -0.2) is 9.18 Å². The lowest BCUT2D eigenvalue weighted by atomic mass is 10.2. The average Bonchev–Trinajstić information content (AvgIpc) is 3.34. The van der Waals surface area contributed by atoms with Gasteiger partial charge in [-0.1, -0.05) is 37.7 Å². The van der Waals surface area contributed by atoms with Gasteiger partial charge in [0.15, 0.2) is 11.0 Å². The number of benzene rings is 1. The van der Waals surface area contributed by atoms with Crippen LogP contribution in [0.1, 0.15) is 31.1 Å². The zero-order valence-electron chi connectivity index (χ0n) is 17.4. The number of nitrogens with zero attached hydrogens (tertiary/aromatic N) is 3. The molecule has 2 heterocycles. The number of aromatic nitrogens is 3. The predicted octanol–water partition coefficient (Wildman–Crippen LogP) is 4.71. The fourth-order valence-corrected chi connectivity index (χ4v) is 4.37. The van der Waals surface area contributed by atoms with Crippen LogP contribution in [-0.4, -0.2) is 39.0 Å². The summed E-state index contributed by atoms with van der Waals surface area (Å²) >= 11 is 2.46. The van der Waals surface area contributed by atoms with E-state index in [-0.39, 0.29) is 30.0 Å². The number of hydrogen-bond donors (Lipinski definition) is 1. The molecule has 0 aliphatic carbocycles. The molecule has 1 aromatic carbocycles. The number of anilines is 1. The summed E-state index contributed by atoms with van der Waals surface area (Å²) in [6, 6.07) is 8.02. The normalized spacial score (nSPS) is 11.0. The van der Waals surface area contributed by atoms with Crippen molar-refractivity contribution in [1.29, 1.82) is 0 Å². The van der Waals surface area contributed by atoms with E-state index >= 15 is 0 Å². The Hall–Kier alpha value is -2.72. The highest BCUT2D eigenvalue weighted by Crippen LogP contribution is 2.28. The highest BCUT2D eigenvalue weighted by atomic mass is 32.2. The fourth-order valence-electron chi connectivity index (χ4n) is 2.84. The SMILES string of the molecule is CCOC(=O)c1ccsc1NC(=O)CSc1nnc(-c2ccccc2F)n1CC(C)C. The Morgan fingerprint density at radius 3 is 2.74 bits per heavy atom. The number of nitrogens with one attached hydrogen (secondary N) is 1. The molecule has 0 unspecified atom stereocenters. The molecule has 3 aromatic rings. The molecule has 3 rings (SSSR count). The third-order valence-corrected chi connectivity index (χ3v) is 5.92. The van der Waals surface area contributed by atoms with Crippen LogP contribution < -0.4 is 5.32 Å². The Morgan fingerprint density at radius 1 is 1.26 bits per heavy atom. The summed E-state index contributed by atoms with van der Waals surface area (Å²) in [5, 5.41) is 13.8. The predicted molar refractivity (Wildman–Crippen MR) is 120 cm³/mol. The van der Waals surface area contributed by atoms with Crippen molar-refractivity contribution in [2.75, 3.05) is 17.7 Å². The van der Waals surface area contributed by atoms with Gasteiger partial charge in [0.05, 0.1) is 23.5 Å². The molecule has 0 spiro atoms. The summed E-state index contributed by atoms with van der Waals surface area (Å²) in [6.07, 6.45) is 0. The molecule has 0 aliphatic rings. The van der Waals surface area contributed by atoms with Crippen molar-refractivity contribution in [3.63, 3.8) is 0 Å². The number of esters is 1. The Balaban J connectivity index is 1.73. The largest absolute Gasteiger partial charge is 0.462 e. The Kier molecular flexibility index (Phi) is 7.80. The molecule has 0 radical (unpaired) electrons. The topological polar surface area (TPSA) is 86.1 Å². The van der Waals surface area contributed by atoms with Crippen molar-refractivity contribution in [2.45, 2.75) is 32.5 Å². The number of carbonyl (C=O) groups is 2. The summed E-state index contributed by atoms with van der Waals surface area (Å²) in [5.41, 5.74) is 0.694. The van der Waals surface area contributed by atoms with Gasteiger partial charge in [-0.05, 0) is 36.4 Å². The molecule has 164 valence electrons. The van der Waals surface area contributed by atoms with Crippen molar-refractivity contribution >= 4 is 40.0 Å². The molecule has 1 N–H and O–H groups in total. The first-order valence-corrected chi connectivity index (χ1v) is 11.6. The molecule has 1 amide bonds. The number of thioether (sulfide) groups is 1. The molecular weight excluding hydrogens is 439 g/mol. The second-order valence-corrected chi connectivity index (χ2v) is 8.87. The lowest BCUT2D eigenvalue weighted by Crippen LogP contribution is -2.16. The van der Waals surface area contributed by atoms with Gasteiger partial charge in [0.25, 0.3) is 0 Å². The third kappa shape index (κ3) is 5.71. The Labute approximate surface area is 188 Å². The van der Waals surface area contributed by atoms with Crippen LogP contribution in [0.25, 0.3) is 11.4 Å². The highest BCUT2D eigenvalue weighted by Gasteiger charge is 2.20. The van der Waals surface area contributed by atoms with Gasteiger partial charge < -0.3 is 14.6 Å². The summed E-state index contributed by atoms with van der Waals surface area (Å²) < 4.78 is 21.1. The molecule has 7 nitrogen and oxygen atoms in total. The second kappa shape index (κ2) is 10.5. The maximum atomic E-state index is 14.3. The first-order chi connectivity index (χ1) is 14.9. The van der Waals surface area contributed by atoms with E-state index in [0.29, 0.717) is 33.7 Å². The van der Waals surface area contributed by atoms with E-state index in [1.54, 1.807) is 36.6 Å². The minimum Gasteiger partial charge on any atom is -0.462 e. The third-order valence-electron chi connectivity index (χ3n) is 4.13. The summed E-state index contributed by atoms with van der Waals surface area (Å²) in [7, 11) is 0. The zero-order valence-corrected chi connectivity index (χ0v) is 19.1. The van der Waals surface area contributed by atoms with Gasteiger partial charge in [-0.2, -0.15) is 0 Å². The number of hydrogen-bond acceptors (Lipinski definition) is 7. The maximum Gasteiger partial charge on any atom is 0.341 e. The van der Waals surface area contributed by atoms with E-state index < -0.39 is 5.97 Å². The Morgan fingerprint density at radius 2 is 2.03 bits per heavy atom. The van der Waals surface area contributed by atoms with Crippen molar-refractivity contribution < 1.29 is 18.7 Å². The van der Waals surface area contributed by atoms with Gasteiger partial charge in [-0.15, -0.1) is 21.5 Å². The first-order valence-electron chi connectivity index (χ1n) is 9.76. The van der Waals surface area contributed by atoms with Gasteiger partial charge in [0.1, 0.15) is 10.8 Å². The minimum atomic E-state index is -0.474. The van der Waals surface area contributed by atoms with E-state index in [1.165, 1.54) is 29.2 Å². The van der Waals surface area contributed by atoms with Crippen molar-refractivity contribution in [1.82, 2.24) is 14.8 Å². The van der Waals surface area contributed by atoms with Crippen molar-refractivity contribution in [3.05, 3.63) is 47.1 Å². The van der Waals surface area contributed by atoms with Gasteiger partial charge >= 0.3 is 5.97 Å². The van der Waals surface area contributed by atoms with Crippen LogP contribution in [-0.2, 0) is 16.1 Å². The zero-order chi connectivity index (χ0) is 22.4. The van der Waals surface area contributed by atoms with Crippen LogP contribution in [0.5, 0.6) is 0 Å². The molecule has 2 aromatic heterocycles. The van der Waals surface area contributed by atoms with Gasteiger partial charge in [0, 0.05) is 6.54 Å². The molecule has 0 aliphatic heterocycles. The molecule has 31 heavy (non-hydrogen) atoms. The van der Waals surface area contributed by atoms with E-state index in [2.05, 4.69) is 15.5 Å². The summed E-state index contributed by atoms with van der Waals surface area (Å²) in [6.45, 7) is 6.65. The number of rotatable bonds is 9. The van der Waals surface area contributed by atoms with Crippen LogP contribution in [0.3, 0.4) is 0 Å². The van der Waals surface area contributed by atoms with Gasteiger partial charge in [0.2, 0.25) is 5.91 Å². The second-order valence-electron chi connectivity index (χ2n) is 7.01. The number of carbonyl (C=O) groups excluding carboxylic acids is 2. The standard InChI is InChI=1S/C21H23FN4O3S2/c1-4-29-20(28)15-9-10-30-19(15)23-17(27)12-31-21-25-24-18(26(21)11-13(2)3)14-7-5-6-8-16(14)22/h5-10,13H,4,11-12H2,1-3H3,(H,23,27). The molecule has 0 fully saturated rings. The van der Waals surface area contributed by atoms with Crippen molar-refractivity contribution in [3.8, 4) is 11.4 Å². The molecule has 0 saturated carbocycles. The monoisotopic (exact) mass is 462 g/mol. The van der Waals surface area contributed by atoms with Crippen LogP contribution in [0, 0.1) is 11.7 Å². The fraction of sp³-hybridized carbons (Fsp3) is 0.333. The number of ether oxygens (including phenoxy) is 1. The maximum absolute atomic E-state index is 14.3. The smallest absolute Gasteiger partial charge is 0.341 e. The number of thiophene rings is 1. The minimum absolute atomic E-state index is 0.0632. The number of halogens is 1. The number of amides is 1. The lowest BCUT2D eigenvalue weighted by molar-refractivity contribution is -0.113. The summed E-state index contributed by atoms with van der Waals surface area (Å²) in [5.74, 6) is -0.375. The van der Waals surface area contributed by atoms with E-state index in [1.807, 2.05) is 18.4 Å². The van der Waals surface area contributed by atoms with E-state index in [9.17, 15) is 14.0 Å². The first kappa shape index (κ1) is 23.0. The average molecular weight is 463 g/mol. The molecule has 10 heteroatoms. The van der Waals surface area contributed by atoms with Crippen LogP contribution >= 0.6 is 23.1 Å². The molecule has 0 saturated heterocycles. The summed E-state index contributed by atoms with van der Waals surface area (Å²) in [4.78, 5) is 24.5. The van der Waals surface area contributed by atoms with Crippen LogP contribution in [0.15, 0.2) is 40.9 Å². The Bertz CT molecular complexity index is 1060.